The van der Waals surface area contributed by atoms with Crippen molar-refractivity contribution >= 4 is 15.9 Å². The molecular formula is C11H12BrN3O2. The fourth-order valence-corrected chi connectivity index (χ4v) is 1.87. The molecule has 0 spiro atoms. The van der Waals surface area contributed by atoms with Crippen molar-refractivity contribution < 1.29 is 9.63 Å². The van der Waals surface area contributed by atoms with E-state index in [1.807, 2.05) is 24.3 Å². The van der Waals surface area contributed by atoms with Gasteiger partial charge in [0.2, 0.25) is 5.82 Å². The number of aliphatic hydroxyl groups is 1. The van der Waals surface area contributed by atoms with Crippen molar-refractivity contribution in [2.75, 3.05) is 6.54 Å². The Labute approximate surface area is 107 Å². The summed E-state index contributed by atoms with van der Waals surface area (Å²) in [5.41, 5.74) is 6.17. The smallest absolute Gasteiger partial charge is 0.255 e. The van der Waals surface area contributed by atoms with Gasteiger partial charge in [-0.2, -0.15) is 4.98 Å². The molecule has 3 N–H and O–H groups in total. The monoisotopic (exact) mass is 297 g/mol. The highest BCUT2D eigenvalue weighted by Crippen LogP contribution is 2.26. The molecule has 6 heteroatoms. The van der Waals surface area contributed by atoms with Crippen LogP contribution in [0.1, 0.15) is 18.4 Å². The van der Waals surface area contributed by atoms with E-state index in [-0.39, 0.29) is 5.89 Å². The first-order chi connectivity index (χ1) is 8.22. The number of nitrogens with zero attached hydrogens (tertiary/aromatic N) is 2. The van der Waals surface area contributed by atoms with E-state index in [9.17, 15) is 5.11 Å². The second-order valence-electron chi connectivity index (χ2n) is 3.53. The lowest BCUT2D eigenvalue weighted by molar-refractivity contribution is 0.127. The van der Waals surface area contributed by atoms with Gasteiger partial charge in [0.15, 0.2) is 0 Å². The summed E-state index contributed by atoms with van der Waals surface area (Å²) in [6.07, 6.45) is -0.402. The SMILES string of the molecule is NCCC(O)c1nc(-c2ccccc2Br)no1. The average molecular weight is 298 g/mol. The summed E-state index contributed by atoms with van der Waals surface area (Å²) in [4.78, 5) is 4.15. The van der Waals surface area contributed by atoms with Crippen LogP contribution in [-0.2, 0) is 0 Å². The molecule has 0 saturated heterocycles. The molecule has 0 aliphatic heterocycles. The van der Waals surface area contributed by atoms with Crippen LogP contribution in [0.3, 0.4) is 0 Å². The quantitative estimate of drug-likeness (QED) is 0.900. The van der Waals surface area contributed by atoms with Crippen LogP contribution in [-0.4, -0.2) is 21.8 Å². The topological polar surface area (TPSA) is 85.2 Å². The number of hydrogen-bond acceptors (Lipinski definition) is 5. The van der Waals surface area contributed by atoms with Crippen LogP contribution in [0.4, 0.5) is 0 Å². The number of aliphatic hydroxyl groups excluding tert-OH is 1. The van der Waals surface area contributed by atoms with E-state index in [4.69, 9.17) is 10.3 Å². The van der Waals surface area contributed by atoms with Crippen LogP contribution in [0.5, 0.6) is 0 Å². The van der Waals surface area contributed by atoms with Crippen molar-refractivity contribution in [1.29, 1.82) is 0 Å². The zero-order valence-corrected chi connectivity index (χ0v) is 10.6. The van der Waals surface area contributed by atoms with Crippen LogP contribution in [0.2, 0.25) is 0 Å². The predicted octanol–water partition coefficient (Wildman–Crippen LogP) is 1.88. The molecule has 17 heavy (non-hydrogen) atoms. The van der Waals surface area contributed by atoms with Crippen molar-refractivity contribution in [2.24, 2.45) is 5.73 Å². The van der Waals surface area contributed by atoms with E-state index < -0.39 is 6.10 Å². The lowest BCUT2D eigenvalue weighted by atomic mass is 10.2. The molecule has 0 radical (unpaired) electrons. The third-order valence-electron chi connectivity index (χ3n) is 2.28. The second kappa shape index (κ2) is 5.39. The maximum atomic E-state index is 9.66. The van der Waals surface area contributed by atoms with Gasteiger partial charge in [0.05, 0.1) is 0 Å². The molecule has 0 bridgehead atoms. The van der Waals surface area contributed by atoms with Gasteiger partial charge in [-0.15, -0.1) is 0 Å². The lowest BCUT2D eigenvalue weighted by Crippen LogP contribution is -2.06. The summed E-state index contributed by atoms with van der Waals surface area (Å²) in [5.74, 6) is 0.643. The van der Waals surface area contributed by atoms with Gasteiger partial charge in [-0.25, -0.2) is 0 Å². The molecule has 5 nitrogen and oxygen atoms in total. The van der Waals surface area contributed by atoms with Crippen LogP contribution in [0.25, 0.3) is 11.4 Å². The highest BCUT2D eigenvalue weighted by Gasteiger charge is 2.17. The summed E-state index contributed by atoms with van der Waals surface area (Å²) >= 11 is 3.41. The Hall–Kier alpha value is -1.24. The zero-order valence-electron chi connectivity index (χ0n) is 9.01. The van der Waals surface area contributed by atoms with Gasteiger partial charge in [0, 0.05) is 10.0 Å². The minimum atomic E-state index is -0.802. The summed E-state index contributed by atoms with van der Waals surface area (Å²) in [6, 6.07) is 7.54. The summed E-state index contributed by atoms with van der Waals surface area (Å²) < 4.78 is 5.88. The van der Waals surface area contributed by atoms with Crippen LogP contribution < -0.4 is 5.73 Å². The van der Waals surface area contributed by atoms with Crippen molar-refractivity contribution in [1.82, 2.24) is 10.1 Å². The van der Waals surface area contributed by atoms with Crippen LogP contribution in [0, 0.1) is 0 Å². The number of nitrogens with two attached hydrogens (primary N) is 1. The Morgan fingerprint density at radius 2 is 2.18 bits per heavy atom. The number of hydrogen-bond donors (Lipinski definition) is 2. The van der Waals surface area contributed by atoms with Crippen LogP contribution in [0.15, 0.2) is 33.3 Å². The van der Waals surface area contributed by atoms with E-state index in [2.05, 4.69) is 26.1 Å². The van der Waals surface area contributed by atoms with Gasteiger partial charge in [-0.3, -0.25) is 0 Å². The van der Waals surface area contributed by atoms with Gasteiger partial charge < -0.3 is 15.4 Å². The Kier molecular flexibility index (Phi) is 3.88. The predicted molar refractivity (Wildman–Crippen MR) is 66.1 cm³/mol. The third kappa shape index (κ3) is 2.71. The first-order valence-electron chi connectivity index (χ1n) is 5.19. The Morgan fingerprint density at radius 3 is 2.88 bits per heavy atom. The molecule has 0 aliphatic rings. The Balaban J connectivity index is 2.27. The van der Waals surface area contributed by atoms with Crippen molar-refractivity contribution in [3.63, 3.8) is 0 Å². The molecule has 1 aromatic heterocycles. The van der Waals surface area contributed by atoms with Crippen molar-refractivity contribution in [3.8, 4) is 11.4 Å². The fraction of sp³-hybridized carbons (Fsp3) is 0.273. The van der Waals surface area contributed by atoms with Crippen molar-refractivity contribution in [2.45, 2.75) is 12.5 Å². The molecule has 90 valence electrons. The number of benzene rings is 1. The van der Waals surface area contributed by atoms with Gasteiger partial charge in [0.1, 0.15) is 6.10 Å². The van der Waals surface area contributed by atoms with Crippen molar-refractivity contribution in [3.05, 3.63) is 34.6 Å². The molecule has 0 saturated carbocycles. The maximum absolute atomic E-state index is 9.66. The third-order valence-corrected chi connectivity index (χ3v) is 2.97. The normalized spacial score (nSPS) is 12.6. The molecule has 0 aliphatic carbocycles. The Morgan fingerprint density at radius 1 is 1.41 bits per heavy atom. The molecule has 1 heterocycles. The minimum absolute atomic E-state index is 0.196. The average Bonchev–Trinajstić information content (AvgIpc) is 2.79. The molecule has 2 rings (SSSR count). The summed E-state index contributed by atoms with van der Waals surface area (Å²) in [6.45, 7) is 0.369. The summed E-state index contributed by atoms with van der Waals surface area (Å²) in [7, 11) is 0. The molecule has 0 fully saturated rings. The molecule has 0 amide bonds. The maximum Gasteiger partial charge on any atom is 0.255 e. The molecular weight excluding hydrogens is 286 g/mol. The minimum Gasteiger partial charge on any atom is -0.383 e. The lowest BCUT2D eigenvalue weighted by Gasteiger charge is -2.01. The Bertz CT molecular complexity index is 501. The van der Waals surface area contributed by atoms with Gasteiger partial charge in [-0.05, 0) is 25.1 Å². The summed E-state index contributed by atoms with van der Waals surface area (Å²) in [5, 5.41) is 13.5. The van der Waals surface area contributed by atoms with Gasteiger partial charge in [-0.1, -0.05) is 33.2 Å². The zero-order chi connectivity index (χ0) is 12.3. The van der Waals surface area contributed by atoms with E-state index in [1.54, 1.807) is 0 Å². The highest BCUT2D eigenvalue weighted by atomic mass is 79.9. The molecule has 1 atom stereocenters. The van der Waals surface area contributed by atoms with E-state index >= 15 is 0 Å². The number of halogens is 1. The van der Waals surface area contributed by atoms with E-state index in [1.165, 1.54) is 0 Å². The van der Waals surface area contributed by atoms with E-state index in [0.29, 0.717) is 18.8 Å². The first-order valence-corrected chi connectivity index (χ1v) is 5.98. The number of aromatic nitrogens is 2. The first kappa shape index (κ1) is 12.2. The van der Waals surface area contributed by atoms with Crippen LogP contribution >= 0.6 is 15.9 Å². The highest BCUT2D eigenvalue weighted by molar-refractivity contribution is 9.10. The molecule has 2 aromatic rings. The number of rotatable bonds is 4. The second-order valence-corrected chi connectivity index (χ2v) is 4.38. The van der Waals surface area contributed by atoms with Gasteiger partial charge >= 0.3 is 0 Å². The van der Waals surface area contributed by atoms with Gasteiger partial charge in [0.25, 0.3) is 5.89 Å². The van der Waals surface area contributed by atoms with E-state index in [0.717, 1.165) is 10.0 Å². The molecule has 1 aromatic carbocycles. The largest absolute Gasteiger partial charge is 0.383 e. The molecule has 1 unspecified atom stereocenters. The standard InChI is InChI=1S/C11H12BrN3O2/c12-8-4-2-1-3-7(8)10-14-11(17-15-10)9(16)5-6-13/h1-4,9,16H,5-6,13H2. The fourth-order valence-electron chi connectivity index (χ4n) is 1.40.